The number of nitrogens with one attached hydrogen (secondary N) is 1. The van der Waals surface area contributed by atoms with Crippen LogP contribution in [0.5, 0.6) is 0 Å². The van der Waals surface area contributed by atoms with Crippen LogP contribution in [0.15, 0.2) is 66.7 Å². The molecule has 0 aromatic heterocycles. The van der Waals surface area contributed by atoms with E-state index < -0.39 is 11.9 Å². The Labute approximate surface area is 160 Å². The molecule has 1 fully saturated rings. The van der Waals surface area contributed by atoms with Crippen LogP contribution in [-0.2, 0) is 20.9 Å². The number of carbonyl (C=O) groups is 2. The van der Waals surface area contributed by atoms with Gasteiger partial charge in [0.15, 0.2) is 5.92 Å². The van der Waals surface area contributed by atoms with Crippen LogP contribution in [0, 0.1) is 11.8 Å². The summed E-state index contributed by atoms with van der Waals surface area (Å²) in [6, 6.07) is 19.4. The minimum atomic E-state index is -0.951. The molecule has 3 rings (SSSR count). The van der Waals surface area contributed by atoms with Gasteiger partial charge in [-0.1, -0.05) is 66.7 Å². The van der Waals surface area contributed by atoms with Crippen molar-refractivity contribution in [3.05, 3.63) is 77.9 Å². The highest BCUT2D eigenvalue weighted by Gasteiger charge is 2.29. The van der Waals surface area contributed by atoms with Gasteiger partial charge >= 0.3 is 5.97 Å². The smallest absolute Gasteiger partial charge is 0.322 e. The van der Waals surface area contributed by atoms with E-state index in [1.54, 1.807) is 6.08 Å². The van der Waals surface area contributed by atoms with Crippen molar-refractivity contribution in [2.75, 3.05) is 6.61 Å². The molecule has 27 heavy (non-hydrogen) atoms. The van der Waals surface area contributed by atoms with E-state index in [0.29, 0.717) is 19.1 Å². The fourth-order valence-electron chi connectivity index (χ4n) is 2.77. The van der Waals surface area contributed by atoms with Gasteiger partial charge in [-0.05, 0) is 42.4 Å². The number of rotatable bonds is 8. The van der Waals surface area contributed by atoms with Crippen molar-refractivity contribution >= 4 is 17.4 Å². The van der Waals surface area contributed by atoms with E-state index in [9.17, 15) is 9.59 Å². The van der Waals surface area contributed by atoms with E-state index >= 15 is 0 Å². The van der Waals surface area contributed by atoms with Gasteiger partial charge in [0.25, 0.3) is 0 Å². The van der Waals surface area contributed by atoms with Crippen molar-refractivity contribution in [2.45, 2.75) is 26.3 Å². The molecule has 140 valence electrons. The third-order valence-electron chi connectivity index (χ3n) is 4.65. The number of hydrogen-bond acceptors (Lipinski definition) is 3. The van der Waals surface area contributed by atoms with E-state index in [0.717, 1.165) is 29.5 Å². The van der Waals surface area contributed by atoms with Gasteiger partial charge in [-0.3, -0.25) is 9.59 Å². The molecule has 1 aliphatic rings. The predicted octanol–water partition coefficient (Wildman–Crippen LogP) is 3.98. The zero-order valence-electron chi connectivity index (χ0n) is 15.6. The first-order valence-corrected chi connectivity index (χ1v) is 9.35. The molecule has 2 aromatic carbocycles. The lowest BCUT2D eigenvalue weighted by Crippen LogP contribution is -2.35. The standard InChI is InChI=1S/C23H25NO3/c1-17(20-10-6-3-7-11-20)14-21(23(26)27-16-19-12-13-19)22(25)24-15-18-8-4-2-5-9-18/h2-11,14,19,21H,12-13,15-16H2,1H3,(H,24,25)/b17-14+. The number of ether oxygens (including phenoxy) is 1. The third kappa shape index (κ3) is 5.81. The van der Waals surface area contributed by atoms with Crippen molar-refractivity contribution in [3.8, 4) is 0 Å². The molecule has 2 aromatic rings. The molecule has 1 N–H and O–H groups in total. The van der Waals surface area contributed by atoms with Crippen molar-refractivity contribution in [3.63, 3.8) is 0 Å². The van der Waals surface area contributed by atoms with E-state index in [1.807, 2.05) is 67.6 Å². The molecule has 1 atom stereocenters. The molecule has 4 heteroatoms. The second-order valence-electron chi connectivity index (χ2n) is 6.97. The van der Waals surface area contributed by atoms with Gasteiger partial charge in [0, 0.05) is 6.54 Å². The van der Waals surface area contributed by atoms with Gasteiger partial charge < -0.3 is 10.1 Å². The number of amides is 1. The summed E-state index contributed by atoms with van der Waals surface area (Å²) in [7, 11) is 0. The first-order valence-electron chi connectivity index (χ1n) is 9.35. The maximum Gasteiger partial charge on any atom is 0.322 e. The summed E-state index contributed by atoms with van der Waals surface area (Å²) in [5.74, 6) is -1.31. The van der Waals surface area contributed by atoms with Crippen molar-refractivity contribution < 1.29 is 14.3 Å². The molecular formula is C23H25NO3. The van der Waals surface area contributed by atoms with E-state index in [4.69, 9.17) is 4.74 Å². The Morgan fingerprint density at radius 3 is 2.33 bits per heavy atom. The molecule has 0 saturated heterocycles. The number of allylic oxidation sites excluding steroid dienone is 1. The van der Waals surface area contributed by atoms with Crippen molar-refractivity contribution in [1.82, 2.24) is 5.32 Å². The summed E-state index contributed by atoms with van der Waals surface area (Å²) >= 11 is 0. The lowest BCUT2D eigenvalue weighted by Gasteiger charge is -2.14. The SMILES string of the molecule is C/C(=C\C(C(=O)NCc1ccccc1)C(=O)OCC1CC1)c1ccccc1. The minimum Gasteiger partial charge on any atom is -0.465 e. The predicted molar refractivity (Wildman–Crippen MR) is 106 cm³/mol. The van der Waals surface area contributed by atoms with E-state index in [-0.39, 0.29) is 5.91 Å². The van der Waals surface area contributed by atoms with Gasteiger partial charge in [-0.15, -0.1) is 0 Å². The molecule has 1 saturated carbocycles. The maximum atomic E-state index is 12.7. The Hall–Kier alpha value is -2.88. The third-order valence-corrected chi connectivity index (χ3v) is 4.65. The van der Waals surface area contributed by atoms with Gasteiger partial charge in [-0.2, -0.15) is 0 Å². The minimum absolute atomic E-state index is 0.338. The topological polar surface area (TPSA) is 55.4 Å². The summed E-state index contributed by atoms with van der Waals surface area (Å²) in [6.45, 7) is 2.69. The molecule has 0 aliphatic heterocycles. The Morgan fingerprint density at radius 2 is 1.70 bits per heavy atom. The lowest BCUT2D eigenvalue weighted by atomic mass is 10.00. The number of benzene rings is 2. The van der Waals surface area contributed by atoms with Gasteiger partial charge in [0.1, 0.15) is 0 Å². The van der Waals surface area contributed by atoms with Crippen LogP contribution in [0.4, 0.5) is 0 Å². The molecule has 1 aliphatic carbocycles. The molecule has 1 amide bonds. The normalized spacial score (nSPS) is 15.1. The van der Waals surface area contributed by atoms with Crippen LogP contribution in [0.25, 0.3) is 5.57 Å². The molecule has 0 spiro atoms. The summed E-state index contributed by atoms with van der Waals surface area (Å²) in [5, 5.41) is 2.86. The zero-order chi connectivity index (χ0) is 19.1. The Morgan fingerprint density at radius 1 is 1.07 bits per heavy atom. The molecular weight excluding hydrogens is 338 g/mol. The van der Waals surface area contributed by atoms with Gasteiger partial charge in [0.2, 0.25) is 5.91 Å². The first-order chi connectivity index (χ1) is 13.1. The highest BCUT2D eigenvalue weighted by molar-refractivity contribution is 6.01. The lowest BCUT2D eigenvalue weighted by molar-refractivity contribution is -0.150. The molecule has 0 bridgehead atoms. The van der Waals surface area contributed by atoms with Crippen LogP contribution in [-0.4, -0.2) is 18.5 Å². The summed E-state index contributed by atoms with van der Waals surface area (Å²) in [6.07, 6.45) is 3.89. The van der Waals surface area contributed by atoms with Crippen LogP contribution in [0.3, 0.4) is 0 Å². The highest BCUT2D eigenvalue weighted by Crippen LogP contribution is 2.29. The second kappa shape index (κ2) is 9.17. The van der Waals surface area contributed by atoms with Gasteiger partial charge in [0.05, 0.1) is 6.61 Å². The van der Waals surface area contributed by atoms with Crippen LogP contribution < -0.4 is 5.32 Å². The molecule has 0 radical (unpaired) electrons. The van der Waals surface area contributed by atoms with E-state index in [2.05, 4.69) is 5.32 Å². The Kier molecular flexibility index (Phi) is 6.42. The summed E-state index contributed by atoms with van der Waals surface area (Å²) < 4.78 is 5.39. The average molecular weight is 363 g/mol. The van der Waals surface area contributed by atoms with Crippen molar-refractivity contribution in [1.29, 1.82) is 0 Å². The maximum absolute atomic E-state index is 12.7. The quantitative estimate of drug-likeness (QED) is 0.570. The van der Waals surface area contributed by atoms with Crippen LogP contribution >= 0.6 is 0 Å². The van der Waals surface area contributed by atoms with Crippen LogP contribution in [0.2, 0.25) is 0 Å². The fraction of sp³-hybridized carbons (Fsp3) is 0.304. The van der Waals surface area contributed by atoms with Crippen molar-refractivity contribution in [2.24, 2.45) is 11.8 Å². The van der Waals surface area contributed by atoms with Gasteiger partial charge in [-0.25, -0.2) is 0 Å². The van der Waals surface area contributed by atoms with E-state index in [1.165, 1.54) is 0 Å². The first kappa shape index (κ1) is 18.9. The monoisotopic (exact) mass is 363 g/mol. The molecule has 4 nitrogen and oxygen atoms in total. The number of carbonyl (C=O) groups excluding carboxylic acids is 2. The molecule has 1 unspecified atom stereocenters. The number of hydrogen-bond donors (Lipinski definition) is 1. The largest absolute Gasteiger partial charge is 0.465 e. The summed E-state index contributed by atoms with van der Waals surface area (Å²) in [5.41, 5.74) is 2.84. The zero-order valence-corrected chi connectivity index (χ0v) is 15.6. The van der Waals surface area contributed by atoms with Crippen LogP contribution in [0.1, 0.15) is 30.9 Å². The second-order valence-corrected chi connectivity index (χ2v) is 6.97. The average Bonchev–Trinajstić information content (AvgIpc) is 3.54. The fourth-order valence-corrected chi connectivity index (χ4v) is 2.77. The Bertz CT molecular complexity index is 795. The molecule has 0 heterocycles. The Balaban J connectivity index is 1.71. The number of esters is 1. The summed E-state index contributed by atoms with van der Waals surface area (Å²) in [4.78, 5) is 25.3. The highest BCUT2D eigenvalue weighted by atomic mass is 16.5.